The van der Waals surface area contributed by atoms with Gasteiger partial charge in [0, 0.05) is 19.1 Å². The van der Waals surface area contributed by atoms with Crippen LogP contribution in [0.2, 0.25) is 0 Å². The molecule has 1 saturated heterocycles. The highest BCUT2D eigenvalue weighted by Crippen LogP contribution is 2.37. The van der Waals surface area contributed by atoms with E-state index in [0.717, 1.165) is 0 Å². The summed E-state index contributed by atoms with van der Waals surface area (Å²) >= 11 is 0. The first-order valence-electron chi connectivity index (χ1n) is 7.88. The van der Waals surface area contributed by atoms with Crippen molar-refractivity contribution in [1.82, 2.24) is 10.2 Å². The zero-order chi connectivity index (χ0) is 16.4. The van der Waals surface area contributed by atoms with Crippen LogP contribution < -0.4 is 5.32 Å². The second-order valence-corrected chi connectivity index (χ2v) is 6.99. The predicted octanol–water partition coefficient (Wildman–Crippen LogP) is 2.33. The van der Waals surface area contributed by atoms with Crippen molar-refractivity contribution in [3.8, 4) is 0 Å². The maximum Gasteiger partial charge on any atom is 0.391 e. The summed E-state index contributed by atoms with van der Waals surface area (Å²) in [6, 6.07) is -0.359. The largest absolute Gasteiger partial charge is 0.391 e. The van der Waals surface area contributed by atoms with Gasteiger partial charge in [-0.3, -0.25) is 9.69 Å². The van der Waals surface area contributed by atoms with Crippen LogP contribution in [0.5, 0.6) is 0 Å². The normalized spacial score (nSPS) is 30.0. The van der Waals surface area contributed by atoms with Gasteiger partial charge in [0.25, 0.3) is 0 Å². The lowest BCUT2D eigenvalue weighted by Crippen LogP contribution is -2.52. The van der Waals surface area contributed by atoms with Gasteiger partial charge in [0.05, 0.1) is 24.7 Å². The Labute approximate surface area is 129 Å². The van der Waals surface area contributed by atoms with E-state index in [4.69, 9.17) is 4.74 Å². The van der Waals surface area contributed by atoms with E-state index in [2.05, 4.69) is 5.32 Å². The van der Waals surface area contributed by atoms with E-state index in [1.54, 1.807) is 0 Å². The maximum atomic E-state index is 12.8. The lowest BCUT2D eigenvalue weighted by Gasteiger charge is -2.38. The fraction of sp³-hybridized carbons (Fsp3) is 0.933. The second kappa shape index (κ2) is 6.74. The molecule has 1 aliphatic carbocycles. The van der Waals surface area contributed by atoms with Crippen LogP contribution >= 0.6 is 0 Å². The van der Waals surface area contributed by atoms with Crippen molar-refractivity contribution >= 4 is 5.91 Å². The van der Waals surface area contributed by atoms with Crippen LogP contribution in [0, 0.1) is 5.92 Å². The third-order valence-electron chi connectivity index (χ3n) is 4.37. The number of halogens is 3. The molecular weight excluding hydrogens is 297 g/mol. The summed E-state index contributed by atoms with van der Waals surface area (Å²) < 4.78 is 43.9. The number of hydrogen-bond donors (Lipinski definition) is 1. The second-order valence-electron chi connectivity index (χ2n) is 6.99. The van der Waals surface area contributed by atoms with Crippen molar-refractivity contribution in [3.63, 3.8) is 0 Å². The Morgan fingerprint density at radius 2 is 2.09 bits per heavy atom. The number of morpholine rings is 1. The Morgan fingerprint density at radius 3 is 2.73 bits per heavy atom. The summed E-state index contributed by atoms with van der Waals surface area (Å²) in [5.41, 5.74) is -0.287. The molecule has 1 heterocycles. The topological polar surface area (TPSA) is 41.6 Å². The van der Waals surface area contributed by atoms with Gasteiger partial charge >= 0.3 is 6.18 Å². The molecule has 4 nitrogen and oxygen atoms in total. The molecule has 1 aliphatic heterocycles. The minimum atomic E-state index is -4.16. The molecular formula is C15H25F3N2O2. The Hall–Kier alpha value is -0.820. The van der Waals surface area contributed by atoms with Crippen LogP contribution in [0.15, 0.2) is 0 Å². The van der Waals surface area contributed by atoms with E-state index >= 15 is 0 Å². The van der Waals surface area contributed by atoms with E-state index in [0.29, 0.717) is 32.5 Å². The Balaban J connectivity index is 1.79. The van der Waals surface area contributed by atoms with Crippen molar-refractivity contribution in [2.45, 2.75) is 57.3 Å². The van der Waals surface area contributed by atoms with Crippen molar-refractivity contribution in [1.29, 1.82) is 0 Å². The molecule has 22 heavy (non-hydrogen) atoms. The lowest BCUT2D eigenvalue weighted by atomic mass is 9.85. The van der Waals surface area contributed by atoms with Gasteiger partial charge in [0.1, 0.15) is 0 Å². The molecule has 0 aromatic carbocycles. The summed E-state index contributed by atoms with van der Waals surface area (Å²) in [7, 11) is 0. The number of nitrogens with zero attached hydrogens (tertiary/aromatic N) is 1. The maximum absolute atomic E-state index is 12.8. The highest BCUT2D eigenvalue weighted by Gasteiger charge is 2.42. The van der Waals surface area contributed by atoms with Crippen LogP contribution in [0.1, 0.15) is 39.5 Å². The number of amides is 1. The lowest BCUT2D eigenvalue weighted by molar-refractivity contribution is -0.184. The van der Waals surface area contributed by atoms with Gasteiger partial charge in [-0.2, -0.15) is 13.2 Å². The molecule has 2 atom stereocenters. The fourth-order valence-corrected chi connectivity index (χ4v) is 3.34. The Morgan fingerprint density at radius 1 is 1.36 bits per heavy atom. The summed E-state index contributed by atoms with van der Waals surface area (Å²) in [5.74, 6) is -1.47. The number of nitrogens with one attached hydrogen (secondary N) is 1. The van der Waals surface area contributed by atoms with Crippen molar-refractivity contribution in [3.05, 3.63) is 0 Å². The monoisotopic (exact) mass is 322 g/mol. The minimum absolute atomic E-state index is 0.00381. The van der Waals surface area contributed by atoms with Crippen molar-refractivity contribution in [2.75, 3.05) is 26.2 Å². The molecule has 128 valence electrons. The van der Waals surface area contributed by atoms with Gasteiger partial charge < -0.3 is 10.1 Å². The number of ether oxygens (including phenoxy) is 1. The highest BCUT2D eigenvalue weighted by molar-refractivity contribution is 5.78. The van der Waals surface area contributed by atoms with Crippen molar-refractivity contribution < 1.29 is 22.7 Å². The number of rotatable bonds is 3. The molecule has 2 aliphatic rings. The van der Waals surface area contributed by atoms with Gasteiger partial charge in [-0.1, -0.05) is 6.42 Å². The SMILES string of the molecule is CC1(C)CN(CC(=O)NC2CCCC(C(F)(F)F)C2)CCO1. The first-order valence-corrected chi connectivity index (χ1v) is 7.88. The van der Waals surface area contributed by atoms with Gasteiger partial charge in [-0.15, -0.1) is 0 Å². The first kappa shape index (κ1) is 17.5. The summed E-state index contributed by atoms with van der Waals surface area (Å²) in [6.45, 7) is 6.04. The third-order valence-corrected chi connectivity index (χ3v) is 4.37. The molecule has 7 heteroatoms. The molecule has 2 unspecified atom stereocenters. The number of carbonyl (C=O) groups is 1. The molecule has 1 saturated carbocycles. The molecule has 0 aromatic heterocycles. The standard InChI is InChI=1S/C15H25F3N2O2/c1-14(2)10-20(6-7-22-14)9-13(21)19-12-5-3-4-11(8-12)15(16,17)18/h11-12H,3-10H2,1-2H3,(H,19,21). The zero-order valence-electron chi connectivity index (χ0n) is 13.2. The van der Waals surface area contributed by atoms with E-state index < -0.39 is 12.1 Å². The van der Waals surface area contributed by atoms with Crippen LogP contribution in [0.25, 0.3) is 0 Å². The summed E-state index contributed by atoms with van der Waals surface area (Å²) in [5, 5.41) is 2.77. The average Bonchev–Trinajstić information content (AvgIpc) is 2.36. The Kier molecular flexibility index (Phi) is 5.37. The van der Waals surface area contributed by atoms with Gasteiger partial charge in [-0.05, 0) is 33.1 Å². The molecule has 1 amide bonds. The molecule has 1 N–H and O–H groups in total. The fourth-order valence-electron chi connectivity index (χ4n) is 3.34. The first-order chi connectivity index (χ1) is 10.2. The van der Waals surface area contributed by atoms with Crippen LogP contribution in [-0.2, 0) is 9.53 Å². The average molecular weight is 322 g/mol. The van der Waals surface area contributed by atoms with E-state index in [1.165, 1.54) is 0 Å². The van der Waals surface area contributed by atoms with Gasteiger partial charge in [-0.25, -0.2) is 0 Å². The summed E-state index contributed by atoms with van der Waals surface area (Å²) in [6.07, 6.45) is -2.83. The zero-order valence-corrected chi connectivity index (χ0v) is 13.2. The molecule has 2 rings (SSSR count). The van der Waals surface area contributed by atoms with Gasteiger partial charge in [0.15, 0.2) is 0 Å². The molecule has 2 fully saturated rings. The quantitative estimate of drug-likeness (QED) is 0.867. The van der Waals surface area contributed by atoms with Crippen LogP contribution in [0.3, 0.4) is 0 Å². The molecule has 0 bridgehead atoms. The van der Waals surface area contributed by atoms with E-state index in [9.17, 15) is 18.0 Å². The number of hydrogen-bond acceptors (Lipinski definition) is 3. The van der Waals surface area contributed by atoms with Crippen molar-refractivity contribution in [2.24, 2.45) is 5.92 Å². The van der Waals surface area contributed by atoms with Gasteiger partial charge in [0.2, 0.25) is 5.91 Å². The highest BCUT2D eigenvalue weighted by atomic mass is 19.4. The summed E-state index contributed by atoms with van der Waals surface area (Å²) in [4.78, 5) is 14.1. The predicted molar refractivity (Wildman–Crippen MR) is 76.4 cm³/mol. The molecule has 0 radical (unpaired) electrons. The molecule has 0 spiro atoms. The van der Waals surface area contributed by atoms with E-state index in [-0.39, 0.29) is 36.9 Å². The van der Waals surface area contributed by atoms with E-state index in [1.807, 2.05) is 18.7 Å². The van der Waals surface area contributed by atoms with Crippen LogP contribution in [0.4, 0.5) is 13.2 Å². The number of carbonyl (C=O) groups excluding carboxylic acids is 1. The Bertz CT molecular complexity index is 399. The number of alkyl halides is 3. The third kappa shape index (κ3) is 5.12. The van der Waals surface area contributed by atoms with Crippen LogP contribution in [-0.4, -0.2) is 54.9 Å². The minimum Gasteiger partial charge on any atom is -0.373 e. The molecule has 0 aromatic rings. The smallest absolute Gasteiger partial charge is 0.373 e.